The molecule has 0 amide bonds. The van der Waals surface area contributed by atoms with Gasteiger partial charge < -0.3 is 18.7 Å². The highest BCUT2D eigenvalue weighted by Gasteiger charge is 2.30. The monoisotopic (exact) mass is 426 g/mol. The van der Waals surface area contributed by atoms with E-state index in [1.807, 2.05) is 32.2 Å². The Morgan fingerprint density at radius 2 is 1.84 bits per heavy atom. The summed E-state index contributed by atoms with van der Waals surface area (Å²) in [4.78, 5) is 2.47. The number of aryl methyl sites for hydroxylation is 1. The second kappa shape index (κ2) is 9.01. The molecule has 0 spiro atoms. The summed E-state index contributed by atoms with van der Waals surface area (Å²) in [7, 11) is 4.90. The number of ether oxygens (including phenoxy) is 3. The van der Waals surface area contributed by atoms with Gasteiger partial charge >= 0.3 is 0 Å². The van der Waals surface area contributed by atoms with Gasteiger partial charge in [-0.3, -0.25) is 10.00 Å². The molecule has 2 aromatic heterocycles. The van der Waals surface area contributed by atoms with E-state index in [0.717, 1.165) is 59.8 Å². The summed E-state index contributed by atoms with van der Waals surface area (Å²) in [6.07, 6.45) is 5.22. The third kappa shape index (κ3) is 3.99. The Kier molecular flexibility index (Phi) is 6.18. The van der Waals surface area contributed by atoms with Crippen LogP contribution in [0.2, 0.25) is 0 Å². The number of likely N-dealkylation sites (tertiary alicyclic amines) is 1. The van der Waals surface area contributed by atoms with Gasteiger partial charge in [-0.2, -0.15) is 5.10 Å². The second-order valence-electron chi connectivity index (χ2n) is 7.94. The van der Waals surface area contributed by atoms with Crippen LogP contribution in [0.15, 0.2) is 22.9 Å². The van der Waals surface area contributed by atoms with E-state index in [1.165, 1.54) is 6.42 Å². The first kappa shape index (κ1) is 21.2. The largest absolute Gasteiger partial charge is 0.493 e. The third-order valence-corrected chi connectivity index (χ3v) is 6.13. The minimum absolute atomic E-state index is 0.204. The first-order valence-corrected chi connectivity index (χ1v) is 10.6. The van der Waals surface area contributed by atoms with Gasteiger partial charge in [-0.25, -0.2) is 0 Å². The topological polar surface area (TPSA) is 85.6 Å². The summed E-state index contributed by atoms with van der Waals surface area (Å²) < 4.78 is 22.2. The smallest absolute Gasteiger partial charge is 0.203 e. The molecular formula is C23H30N4O4. The van der Waals surface area contributed by atoms with Crippen molar-refractivity contribution >= 4 is 0 Å². The standard InChI is InChI=1S/C23H30N4O4/c1-14-15(2)26-31-22(14)17-12-24-25-21(17)18-8-6-7-9-27(18)13-16-10-19(28-3)23(30-5)20(11-16)29-4/h10-12,18H,6-9,13H2,1-5H3,(H,24,25). The van der Waals surface area contributed by atoms with Crippen LogP contribution in [0.3, 0.4) is 0 Å². The van der Waals surface area contributed by atoms with Gasteiger partial charge in [-0.15, -0.1) is 0 Å². The van der Waals surface area contributed by atoms with E-state index in [4.69, 9.17) is 18.7 Å². The molecule has 1 unspecified atom stereocenters. The zero-order valence-electron chi connectivity index (χ0n) is 18.8. The minimum atomic E-state index is 0.204. The van der Waals surface area contributed by atoms with E-state index in [1.54, 1.807) is 21.3 Å². The lowest BCUT2D eigenvalue weighted by molar-refractivity contribution is 0.137. The van der Waals surface area contributed by atoms with Crippen molar-refractivity contribution < 1.29 is 18.7 Å². The maximum atomic E-state index is 5.64. The van der Waals surface area contributed by atoms with Crippen LogP contribution >= 0.6 is 0 Å². The first-order valence-electron chi connectivity index (χ1n) is 10.6. The van der Waals surface area contributed by atoms with Crippen LogP contribution in [0.4, 0.5) is 0 Å². The zero-order valence-corrected chi connectivity index (χ0v) is 18.8. The Labute approximate surface area is 182 Å². The Morgan fingerprint density at radius 3 is 2.45 bits per heavy atom. The number of H-pyrrole nitrogens is 1. The summed E-state index contributed by atoms with van der Waals surface area (Å²) in [5, 5.41) is 11.7. The van der Waals surface area contributed by atoms with E-state index in [2.05, 4.69) is 20.3 Å². The zero-order chi connectivity index (χ0) is 22.0. The third-order valence-electron chi connectivity index (χ3n) is 6.13. The highest BCUT2D eigenvalue weighted by molar-refractivity contribution is 5.64. The van der Waals surface area contributed by atoms with E-state index >= 15 is 0 Å². The molecule has 3 aromatic rings. The molecule has 1 fully saturated rings. The molecule has 1 atom stereocenters. The number of hydrogen-bond acceptors (Lipinski definition) is 7. The predicted octanol–water partition coefficient (Wildman–Crippen LogP) is 4.43. The van der Waals surface area contributed by atoms with Crippen molar-refractivity contribution in [1.82, 2.24) is 20.3 Å². The van der Waals surface area contributed by atoms with Gasteiger partial charge in [-0.1, -0.05) is 11.6 Å². The van der Waals surface area contributed by atoms with Gasteiger partial charge in [0.2, 0.25) is 5.75 Å². The maximum absolute atomic E-state index is 5.64. The summed E-state index contributed by atoms with van der Waals surface area (Å²) in [6.45, 7) is 5.74. The summed E-state index contributed by atoms with van der Waals surface area (Å²) in [5.74, 6) is 2.73. The molecule has 0 bridgehead atoms. The lowest BCUT2D eigenvalue weighted by atomic mass is 9.95. The van der Waals surface area contributed by atoms with Gasteiger partial charge in [-0.05, 0) is 50.9 Å². The number of methoxy groups -OCH3 is 3. The van der Waals surface area contributed by atoms with Crippen LogP contribution in [0, 0.1) is 13.8 Å². The Hall–Kier alpha value is -3.00. The molecule has 8 heteroatoms. The van der Waals surface area contributed by atoms with Crippen LogP contribution in [0.25, 0.3) is 11.3 Å². The molecule has 1 aromatic carbocycles. The molecule has 1 N–H and O–H groups in total. The van der Waals surface area contributed by atoms with Gasteiger partial charge in [0.15, 0.2) is 17.3 Å². The molecule has 8 nitrogen and oxygen atoms in total. The van der Waals surface area contributed by atoms with Gasteiger partial charge in [0.05, 0.1) is 50.5 Å². The molecule has 0 aliphatic carbocycles. The Morgan fingerprint density at radius 1 is 1.10 bits per heavy atom. The molecule has 0 radical (unpaired) electrons. The van der Waals surface area contributed by atoms with E-state index in [-0.39, 0.29) is 6.04 Å². The van der Waals surface area contributed by atoms with Gasteiger partial charge in [0.1, 0.15) is 0 Å². The van der Waals surface area contributed by atoms with Crippen molar-refractivity contribution in [2.24, 2.45) is 0 Å². The average Bonchev–Trinajstić information content (AvgIpc) is 3.40. The highest BCUT2D eigenvalue weighted by Crippen LogP contribution is 2.41. The van der Waals surface area contributed by atoms with Crippen LogP contribution < -0.4 is 14.2 Å². The number of benzene rings is 1. The lowest BCUT2D eigenvalue weighted by Gasteiger charge is -2.35. The van der Waals surface area contributed by atoms with Crippen LogP contribution in [0.5, 0.6) is 17.2 Å². The lowest BCUT2D eigenvalue weighted by Crippen LogP contribution is -2.33. The molecule has 4 rings (SSSR count). The average molecular weight is 427 g/mol. The van der Waals surface area contributed by atoms with Crippen LogP contribution in [-0.2, 0) is 6.54 Å². The molecule has 0 saturated carbocycles. The number of nitrogens with zero attached hydrogens (tertiary/aromatic N) is 3. The Balaban J connectivity index is 1.66. The number of rotatable bonds is 7. The SMILES string of the molecule is COc1cc(CN2CCCCC2c2[nH]ncc2-c2onc(C)c2C)cc(OC)c1OC. The molecule has 1 aliphatic rings. The van der Waals surface area contributed by atoms with E-state index < -0.39 is 0 Å². The molecule has 1 saturated heterocycles. The van der Waals surface area contributed by atoms with Crippen molar-refractivity contribution in [2.75, 3.05) is 27.9 Å². The fourth-order valence-corrected chi connectivity index (χ4v) is 4.37. The highest BCUT2D eigenvalue weighted by atomic mass is 16.5. The van der Waals surface area contributed by atoms with Crippen LogP contribution in [-0.4, -0.2) is 48.1 Å². The first-order chi connectivity index (χ1) is 15.1. The molecule has 3 heterocycles. The van der Waals surface area contributed by atoms with Crippen molar-refractivity contribution in [3.05, 3.63) is 40.8 Å². The van der Waals surface area contributed by atoms with E-state index in [9.17, 15) is 0 Å². The molecule has 1 aliphatic heterocycles. The maximum Gasteiger partial charge on any atom is 0.203 e. The molecule has 31 heavy (non-hydrogen) atoms. The molecular weight excluding hydrogens is 396 g/mol. The fourth-order valence-electron chi connectivity index (χ4n) is 4.37. The molecule has 166 valence electrons. The van der Waals surface area contributed by atoms with Crippen molar-refractivity contribution in [3.63, 3.8) is 0 Å². The summed E-state index contributed by atoms with van der Waals surface area (Å²) in [5.41, 5.74) is 5.12. The number of aromatic nitrogens is 3. The Bertz CT molecular complexity index is 1020. The quantitative estimate of drug-likeness (QED) is 0.598. The second-order valence-corrected chi connectivity index (χ2v) is 7.94. The number of piperidine rings is 1. The summed E-state index contributed by atoms with van der Waals surface area (Å²) >= 11 is 0. The number of aromatic amines is 1. The fraction of sp³-hybridized carbons (Fsp3) is 0.478. The number of hydrogen-bond donors (Lipinski definition) is 1. The van der Waals surface area contributed by atoms with Crippen molar-refractivity contribution in [3.8, 4) is 28.6 Å². The summed E-state index contributed by atoms with van der Waals surface area (Å²) in [6, 6.07) is 4.24. The predicted molar refractivity (Wildman–Crippen MR) is 117 cm³/mol. The van der Waals surface area contributed by atoms with Crippen molar-refractivity contribution in [2.45, 2.75) is 45.7 Å². The minimum Gasteiger partial charge on any atom is -0.493 e. The van der Waals surface area contributed by atoms with Gasteiger partial charge in [0.25, 0.3) is 0 Å². The normalized spacial score (nSPS) is 17.0. The van der Waals surface area contributed by atoms with Crippen LogP contribution in [0.1, 0.15) is 47.8 Å². The van der Waals surface area contributed by atoms with Gasteiger partial charge in [0, 0.05) is 12.1 Å². The van der Waals surface area contributed by atoms with Crippen molar-refractivity contribution in [1.29, 1.82) is 0 Å². The number of nitrogens with one attached hydrogen (secondary N) is 1. The van der Waals surface area contributed by atoms with E-state index in [0.29, 0.717) is 17.2 Å².